The minimum absolute atomic E-state index is 0.416. The van der Waals surface area contributed by atoms with E-state index in [1.54, 1.807) is 7.11 Å². The molecule has 1 atom stereocenters. The second kappa shape index (κ2) is 6.27. The summed E-state index contributed by atoms with van der Waals surface area (Å²) in [6.45, 7) is 0.704. The van der Waals surface area contributed by atoms with Gasteiger partial charge in [0.15, 0.2) is 0 Å². The zero-order chi connectivity index (χ0) is 14.8. The number of methoxy groups -OCH3 is 1. The van der Waals surface area contributed by atoms with E-state index in [1.807, 2.05) is 24.3 Å². The summed E-state index contributed by atoms with van der Waals surface area (Å²) in [6, 6.07) is 12.3. The number of ether oxygens (including phenoxy) is 1. The van der Waals surface area contributed by atoms with Gasteiger partial charge in [0, 0.05) is 28.2 Å². The van der Waals surface area contributed by atoms with Crippen molar-refractivity contribution in [2.45, 2.75) is 25.4 Å². The number of hydrogen-bond donors (Lipinski definition) is 1. The predicted molar refractivity (Wildman–Crippen MR) is 87.5 cm³/mol. The Morgan fingerprint density at radius 2 is 1.95 bits per heavy atom. The Labute approximate surface area is 135 Å². The fourth-order valence-corrected chi connectivity index (χ4v) is 3.31. The summed E-state index contributed by atoms with van der Waals surface area (Å²) in [7, 11) is 1.67. The van der Waals surface area contributed by atoms with Crippen LogP contribution in [0.4, 0.5) is 0 Å². The van der Waals surface area contributed by atoms with Crippen LogP contribution in [-0.2, 0) is 19.4 Å². The van der Waals surface area contributed by atoms with Gasteiger partial charge in [0.25, 0.3) is 0 Å². The molecule has 0 amide bonds. The molecule has 0 radical (unpaired) electrons. The Kier molecular flexibility index (Phi) is 4.39. The lowest BCUT2D eigenvalue weighted by Crippen LogP contribution is -2.29. The molecule has 1 aliphatic carbocycles. The van der Waals surface area contributed by atoms with Crippen molar-refractivity contribution in [1.82, 2.24) is 5.32 Å². The highest BCUT2D eigenvalue weighted by atomic mass is 35.5. The van der Waals surface area contributed by atoms with Gasteiger partial charge in [-0.15, -0.1) is 0 Å². The lowest BCUT2D eigenvalue weighted by atomic mass is 10.1. The molecule has 3 rings (SSSR count). The first-order valence-electron chi connectivity index (χ1n) is 6.99. The Bertz CT molecular complexity index is 657. The van der Waals surface area contributed by atoms with E-state index >= 15 is 0 Å². The number of rotatable bonds is 4. The highest BCUT2D eigenvalue weighted by molar-refractivity contribution is 6.31. The third kappa shape index (κ3) is 3.18. The largest absolute Gasteiger partial charge is 0.496 e. The number of fused-ring (bicyclic) bond motifs is 1. The molecule has 1 N–H and O–H groups in total. The van der Waals surface area contributed by atoms with Crippen molar-refractivity contribution < 1.29 is 4.74 Å². The van der Waals surface area contributed by atoms with Gasteiger partial charge in [-0.3, -0.25) is 0 Å². The van der Waals surface area contributed by atoms with E-state index in [4.69, 9.17) is 27.9 Å². The molecule has 0 spiro atoms. The molecule has 0 bridgehead atoms. The van der Waals surface area contributed by atoms with Crippen molar-refractivity contribution in [1.29, 1.82) is 0 Å². The van der Waals surface area contributed by atoms with Crippen LogP contribution in [0.2, 0.25) is 10.0 Å². The minimum Gasteiger partial charge on any atom is -0.496 e. The lowest BCUT2D eigenvalue weighted by molar-refractivity contribution is 0.405. The van der Waals surface area contributed by atoms with Crippen LogP contribution < -0.4 is 10.1 Å². The first-order valence-corrected chi connectivity index (χ1v) is 7.75. The number of benzene rings is 2. The van der Waals surface area contributed by atoms with Crippen LogP contribution in [0.25, 0.3) is 0 Å². The highest BCUT2D eigenvalue weighted by Crippen LogP contribution is 2.28. The van der Waals surface area contributed by atoms with E-state index in [1.165, 1.54) is 11.1 Å². The van der Waals surface area contributed by atoms with Crippen molar-refractivity contribution in [3.63, 3.8) is 0 Å². The number of hydrogen-bond acceptors (Lipinski definition) is 2. The zero-order valence-corrected chi connectivity index (χ0v) is 13.3. The summed E-state index contributed by atoms with van der Waals surface area (Å²) in [4.78, 5) is 0. The van der Waals surface area contributed by atoms with E-state index < -0.39 is 0 Å². The van der Waals surface area contributed by atoms with E-state index in [0.29, 0.717) is 12.6 Å². The third-order valence-corrected chi connectivity index (χ3v) is 4.55. The molecule has 0 saturated heterocycles. The van der Waals surface area contributed by atoms with Crippen LogP contribution in [0.1, 0.15) is 16.7 Å². The maximum Gasteiger partial charge on any atom is 0.124 e. The van der Waals surface area contributed by atoms with Gasteiger partial charge in [-0.25, -0.2) is 0 Å². The number of nitrogens with one attached hydrogen (secondary N) is 1. The van der Waals surface area contributed by atoms with E-state index in [9.17, 15) is 0 Å². The standard InChI is InChI=1S/C17H17Cl2NO/c1-21-17-4-2-3-16(19)15(17)10-20-14-8-11-5-6-13(18)7-12(11)9-14/h2-7,14,20H,8-10H2,1H3. The third-order valence-electron chi connectivity index (χ3n) is 3.96. The van der Waals surface area contributed by atoms with E-state index in [0.717, 1.165) is 34.2 Å². The average Bonchev–Trinajstić information content (AvgIpc) is 2.87. The molecule has 0 aromatic heterocycles. The van der Waals surface area contributed by atoms with Crippen molar-refractivity contribution in [2.75, 3.05) is 7.11 Å². The first-order chi connectivity index (χ1) is 10.2. The van der Waals surface area contributed by atoms with Gasteiger partial charge in [0.1, 0.15) is 5.75 Å². The fraction of sp³-hybridized carbons (Fsp3) is 0.294. The molecule has 110 valence electrons. The average molecular weight is 322 g/mol. The van der Waals surface area contributed by atoms with Crippen molar-refractivity contribution >= 4 is 23.2 Å². The zero-order valence-electron chi connectivity index (χ0n) is 11.8. The molecule has 1 unspecified atom stereocenters. The molecule has 21 heavy (non-hydrogen) atoms. The fourth-order valence-electron chi connectivity index (χ4n) is 2.88. The summed E-state index contributed by atoms with van der Waals surface area (Å²) in [5, 5.41) is 5.12. The van der Waals surface area contributed by atoms with Crippen molar-refractivity contribution in [3.05, 3.63) is 63.1 Å². The van der Waals surface area contributed by atoms with Gasteiger partial charge < -0.3 is 10.1 Å². The molecule has 2 nitrogen and oxygen atoms in total. The van der Waals surface area contributed by atoms with E-state index in [2.05, 4.69) is 17.4 Å². The van der Waals surface area contributed by atoms with Crippen LogP contribution >= 0.6 is 23.2 Å². The molecule has 2 aromatic rings. The van der Waals surface area contributed by atoms with Gasteiger partial charge in [-0.2, -0.15) is 0 Å². The molecule has 2 aromatic carbocycles. The van der Waals surface area contributed by atoms with E-state index in [-0.39, 0.29) is 0 Å². The predicted octanol–water partition coefficient (Wildman–Crippen LogP) is 4.26. The summed E-state index contributed by atoms with van der Waals surface area (Å²) >= 11 is 12.3. The van der Waals surface area contributed by atoms with Crippen molar-refractivity contribution in [3.8, 4) is 5.75 Å². The normalized spacial score (nSPS) is 16.8. The van der Waals surface area contributed by atoms with Crippen LogP contribution in [0.15, 0.2) is 36.4 Å². The second-order valence-electron chi connectivity index (χ2n) is 5.32. The van der Waals surface area contributed by atoms with Gasteiger partial charge >= 0.3 is 0 Å². The molecule has 1 aliphatic rings. The Balaban J connectivity index is 1.68. The van der Waals surface area contributed by atoms with Gasteiger partial charge in [-0.05, 0) is 48.2 Å². The molecule has 4 heteroatoms. The lowest BCUT2D eigenvalue weighted by Gasteiger charge is -2.15. The molecule has 0 fully saturated rings. The molecule has 0 aliphatic heterocycles. The summed E-state index contributed by atoms with van der Waals surface area (Å²) in [5.74, 6) is 0.827. The smallest absolute Gasteiger partial charge is 0.124 e. The van der Waals surface area contributed by atoms with Gasteiger partial charge in [0.05, 0.1) is 7.11 Å². The SMILES string of the molecule is COc1cccc(Cl)c1CNC1Cc2ccc(Cl)cc2C1. The van der Waals surface area contributed by atoms with Crippen LogP contribution in [0.5, 0.6) is 5.75 Å². The first kappa shape index (κ1) is 14.7. The minimum atomic E-state index is 0.416. The van der Waals surface area contributed by atoms with Crippen LogP contribution in [0, 0.1) is 0 Å². The summed E-state index contributed by atoms with van der Waals surface area (Å²) < 4.78 is 5.38. The maximum atomic E-state index is 6.27. The second-order valence-corrected chi connectivity index (χ2v) is 6.16. The summed E-state index contributed by atoms with van der Waals surface area (Å²) in [6.07, 6.45) is 2.03. The highest BCUT2D eigenvalue weighted by Gasteiger charge is 2.21. The Morgan fingerprint density at radius 1 is 1.14 bits per heavy atom. The van der Waals surface area contributed by atoms with Crippen LogP contribution in [-0.4, -0.2) is 13.2 Å². The molecule has 0 heterocycles. The van der Waals surface area contributed by atoms with Gasteiger partial charge in [-0.1, -0.05) is 35.3 Å². The monoisotopic (exact) mass is 321 g/mol. The quantitative estimate of drug-likeness (QED) is 0.908. The topological polar surface area (TPSA) is 21.3 Å². The Morgan fingerprint density at radius 3 is 2.76 bits per heavy atom. The van der Waals surface area contributed by atoms with Gasteiger partial charge in [0.2, 0.25) is 0 Å². The van der Waals surface area contributed by atoms with Crippen molar-refractivity contribution in [2.24, 2.45) is 0 Å². The summed E-state index contributed by atoms with van der Waals surface area (Å²) in [5.41, 5.74) is 3.73. The number of halogens is 2. The Hall–Kier alpha value is -1.22. The van der Waals surface area contributed by atoms with Crippen LogP contribution in [0.3, 0.4) is 0 Å². The maximum absolute atomic E-state index is 6.27. The molecule has 0 saturated carbocycles. The molecular formula is C17H17Cl2NO. The molecular weight excluding hydrogens is 305 g/mol.